The number of rotatable bonds is 6. The molecule has 1 aromatic carbocycles. The Balaban J connectivity index is 1.63. The van der Waals surface area contributed by atoms with Crippen molar-refractivity contribution in [1.29, 1.82) is 0 Å². The fourth-order valence-electron chi connectivity index (χ4n) is 2.72. The van der Waals surface area contributed by atoms with Gasteiger partial charge in [0.2, 0.25) is 0 Å². The number of nitrogens with one attached hydrogen (secondary N) is 1. The SMILES string of the molecule is O=CC(Nc1ccnc2cc(C3CC3)nn12)C(=O)c1ccc(F)cc1. The average Bonchev–Trinajstić information content (AvgIpc) is 3.38. The zero-order valence-electron chi connectivity index (χ0n) is 13.2. The molecule has 1 N–H and O–H groups in total. The number of carbonyl (C=O) groups is 2. The summed E-state index contributed by atoms with van der Waals surface area (Å²) in [7, 11) is 0. The molecule has 0 radical (unpaired) electrons. The van der Waals surface area contributed by atoms with Crippen LogP contribution in [0.15, 0.2) is 42.6 Å². The highest BCUT2D eigenvalue weighted by Crippen LogP contribution is 2.39. The van der Waals surface area contributed by atoms with Crippen molar-refractivity contribution in [2.45, 2.75) is 24.8 Å². The van der Waals surface area contributed by atoms with Crippen molar-refractivity contribution in [1.82, 2.24) is 14.6 Å². The Morgan fingerprint density at radius 1 is 1.28 bits per heavy atom. The van der Waals surface area contributed by atoms with Crippen LogP contribution in [-0.2, 0) is 4.79 Å². The number of hydrogen-bond donors (Lipinski definition) is 1. The molecule has 1 atom stereocenters. The summed E-state index contributed by atoms with van der Waals surface area (Å²) in [5, 5.41) is 7.43. The Kier molecular flexibility index (Phi) is 3.76. The highest BCUT2D eigenvalue weighted by atomic mass is 19.1. The molecule has 4 rings (SSSR count). The van der Waals surface area contributed by atoms with Gasteiger partial charge in [0.05, 0.1) is 5.69 Å². The van der Waals surface area contributed by atoms with E-state index in [-0.39, 0.29) is 5.56 Å². The molecule has 0 bridgehead atoms. The second-order valence-electron chi connectivity index (χ2n) is 6.07. The molecule has 25 heavy (non-hydrogen) atoms. The van der Waals surface area contributed by atoms with Crippen LogP contribution in [0.1, 0.15) is 34.8 Å². The van der Waals surface area contributed by atoms with Crippen LogP contribution < -0.4 is 5.32 Å². The Morgan fingerprint density at radius 2 is 2.04 bits per heavy atom. The quantitative estimate of drug-likeness (QED) is 0.425. The summed E-state index contributed by atoms with van der Waals surface area (Å²) in [6.45, 7) is 0. The summed E-state index contributed by atoms with van der Waals surface area (Å²) in [6, 6.07) is 7.58. The van der Waals surface area contributed by atoms with E-state index in [4.69, 9.17) is 0 Å². The van der Waals surface area contributed by atoms with Gasteiger partial charge in [0.1, 0.15) is 24.0 Å². The first kappa shape index (κ1) is 15.4. The molecule has 0 aliphatic heterocycles. The molecule has 1 fully saturated rings. The number of fused-ring (bicyclic) bond motifs is 1. The average molecular weight is 338 g/mol. The van der Waals surface area contributed by atoms with Crippen LogP contribution in [0.4, 0.5) is 10.2 Å². The Morgan fingerprint density at radius 3 is 2.72 bits per heavy atom. The van der Waals surface area contributed by atoms with E-state index in [2.05, 4.69) is 15.4 Å². The minimum atomic E-state index is -1.09. The second kappa shape index (κ2) is 6.08. The third kappa shape index (κ3) is 3.00. The second-order valence-corrected chi connectivity index (χ2v) is 6.07. The third-order valence-electron chi connectivity index (χ3n) is 4.22. The standard InChI is InChI=1S/C18H15FN4O2/c19-13-5-3-12(4-6-13)18(25)15(10-24)21-16-7-8-20-17-9-14(11-1-2-11)22-23(16)17/h3-11,15,21H,1-2H2. The molecule has 0 spiro atoms. The lowest BCUT2D eigenvalue weighted by atomic mass is 10.1. The monoisotopic (exact) mass is 338 g/mol. The van der Waals surface area contributed by atoms with E-state index >= 15 is 0 Å². The van der Waals surface area contributed by atoms with E-state index < -0.39 is 17.6 Å². The van der Waals surface area contributed by atoms with Crippen molar-refractivity contribution < 1.29 is 14.0 Å². The molecule has 6 nitrogen and oxygen atoms in total. The normalized spacial score (nSPS) is 15.1. The van der Waals surface area contributed by atoms with Gasteiger partial charge in [0, 0.05) is 23.7 Å². The Hall–Kier alpha value is -3.09. The maximum absolute atomic E-state index is 13.0. The molecule has 0 amide bonds. The number of benzene rings is 1. The van der Waals surface area contributed by atoms with Crippen LogP contribution in [0, 0.1) is 5.82 Å². The van der Waals surface area contributed by atoms with Crippen molar-refractivity contribution in [3.8, 4) is 0 Å². The Labute approximate surface area is 142 Å². The molecule has 2 heterocycles. The molecule has 1 aliphatic carbocycles. The van der Waals surface area contributed by atoms with Crippen LogP contribution in [0.5, 0.6) is 0 Å². The smallest absolute Gasteiger partial charge is 0.192 e. The van der Waals surface area contributed by atoms with Crippen LogP contribution >= 0.6 is 0 Å². The van der Waals surface area contributed by atoms with Crippen molar-refractivity contribution in [2.24, 2.45) is 0 Å². The summed E-state index contributed by atoms with van der Waals surface area (Å²) in [5.41, 5.74) is 1.88. The number of aromatic nitrogens is 3. The van der Waals surface area contributed by atoms with Crippen LogP contribution in [-0.4, -0.2) is 32.7 Å². The number of halogens is 1. The number of anilines is 1. The van der Waals surface area contributed by atoms with Gasteiger partial charge in [-0.05, 0) is 43.2 Å². The zero-order chi connectivity index (χ0) is 17.4. The van der Waals surface area contributed by atoms with Gasteiger partial charge < -0.3 is 10.1 Å². The Bertz CT molecular complexity index is 947. The van der Waals surface area contributed by atoms with E-state index in [9.17, 15) is 14.0 Å². The van der Waals surface area contributed by atoms with E-state index in [0.717, 1.165) is 18.5 Å². The topological polar surface area (TPSA) is 76.4 Å². The van der Waals surface area contributed by atoms with E-state index in [1.54, 1.807) is 16.8 Å². The fraction of sp³-hybridized carbons (Fsp3) is 0.222. The van der Waals surface area contributed by atoms with Gasteiger partial charge in [-0.25, -0.2) is 9.37 Å². The van der Waals surface area contributed by atoms with Crippen LogP contribution in [0.2, 0.25) is 0 Å². The van der Waals surface area contributed by atoms with E-state index in [1.165, 1.54) is 24.3 Å². The van der Waals surface area contributed by atoms with Crippen molar-refractivity contribution in [3.05, 3.63) is 59.7 Å². The largest absolute Gasteiger partial charge is 0.354 e. The first-order valence-corrected chi connectivity index (χ1v) is 8.02. The number of aldehydes is 1. The molecular weight excluding hydrogens is 323 g/mol. The zero-order valence-corrected chi connectivity index (χ0v) is 13.2. The van der Waals surface area contributed by atoms with Gasteiger partial charge in [-0.15, -0.1) is 0 Å². The summed E-state index contributed by atoms with van der Waals surface area (Å²) in [6.07, 6.45) is 4.36. The number of nitrogens with zero attached hydrogens (tertiary/aromatic N) is 3. The van der Waals surface area contributed by atoms with Crippen LogP contribution in [0.25, 0.3) is 5.65 Å². The number of Topliss-reactive ketones (excluding diaryl/α,β-unsaturated/α-hetero) is 1. The molecule has 1 aliphatic rings. The first-order chi connectivity index (χ1) is 12.2. The van der Waals surface area contributed by atoms with Crippen molar-refractivity contribution in [3.63, 3.8) is 0 Å². The van der Waals surface area contributed by atoms with Gasteiger partial charge in [-0.3, -0.25) is 4.79 Å². The van der Waals surface area contributed by atoms with Gasteiger partial charge in [0.25, 0.3) is 0 Å². The first-order valence-electron chi connectivity index (χ1n) is 8.02. The fourth-order valence-corrected chi connectivity index (χ4v) is 2.72. The van der Waals surface area contributed by atoms with E-state index in [0.29, 0.717) is 23.7 Å². The van der Waals surface area contributed by atoms with Gasteiger partial charge in [-0.2, -0.15) is 9.61 Å². The highest BCUT2D eigenvalue weighted by molar-refractivity contribution is 6.10. The van der Waals surface area contributed by atoms with Gasteiger partial charge in [0.15, 0.2) is 11.4 Å². The third-order valence-corrected chi connectivity index (χ3v) is 4.22. The maximum atomic E-state index is 13.0. The molecule has 1 saturated carbocycles. The molecule has 3 aromatic rings. The summed E-state index contributed by atoms with van der Waals surface area (Å²) in [4.78, 5) is 28.2. The molecule has 126 valence electrons. The highest BCUT2D eigenvalue weighted by Gasteiger charge is 2.27. The summed E-state index contributed by atoms with van der Waals surface area (Å²) in [5.74, 6) is 0.100. The minimum Gasteiger partial charge on any atom is -0.354 e. The lowest BCUT2D eigenvalue weighted by Crippen LogP contribution is -2.32. The maximum Gasteiger partial charge on any atom is 0.192 e. The lowest BCUT2D eigenvalue weighted by Gasteiger charge is -2.14. The number of carbonyl (C=O) groups excluding carboxylic acids is 2. The molecule has 2 aromatic heterocycles. The number of hydrogen-bond acceptors (Lipinski definition) is 5. The van der Waals surface area contributed by atoms with Crippen molar-refractivity contribution >= 4 is 23.5 Å². The number of ketones is 1. The molecule has 7 heteroatoms. The van der Waals surface area contributed by atoms with Gasteiger partial charge in [-0.1, -0.05) is 0 Å². The van der Waals surface area contributed by atoms with Gasteiger partial charge >= 0.3 is 0 Å². The predicted molar refractivity (Wildman–Crippen MR) is 89.2 cm³/mol. The lowest BCUT2D eigenvalue weighted by molar-refractivity contribution is -0.107. The molecule has 1 unspecified atom stereocenters. The summed E-state index contributed by atoms with van der Waals surface area (Å²) >= 11 is 0. The van der Waals surface area contributed by atoms with Crippen molar-refractivity contribution in [2.75, 3.05) is 5.32 Å². The minimum absolute atomic E-state index is 0.260. The van der Waals surface area contributed by atoms with E-state index in [1.807, 2.05) is 6.07 Å². The predicted octanol–water partition coefficient (Wildman–Crippen LogP) is 2.61. The summed E-state index contributed by atoms with van der Waals surface area (Å²) < 4.78 is 14.6. The van der Waals surface area contributed by atoms with Crippen LogP contribution in [0.3, 0.4) is 0 Å². The molecule has 0 saturated heterocycles. The molecular formula is C18H15FN4O2.